The number of Topliss-reactive ketones (excluding diaryl/α,β-unsaturated/α-hetero) is 1. The summed E-state index contributed by atoms with van der Waals surface area (Å²) in [5, 5.41) is 11.0. The average Bonchev–Trinajstić information content (AvgIpc) is 3.28. The number of carbonyl (C=O) groups excluding carboxylic acids is 2. The number of aromatic amines is 1. The fourth-order valence-electron chi connectivity index (χ4n) is 2.65. The zero-order valence-corrected chi connectivity index (χ0v) is 14.5. The molecule has 0 spiro atoms. The molecule has 0 aliphatic carbocycles. The molecule has 26 heavy (non-hydrogen) atoms. The summed E-state index contributed by atoms with van der Waals surface area (Å²) in [6, 6.07) is 7.03. The molecule has 0 aliphatic heterocycles. The molecular formula is C17H17N5O4. The topological polar surface area (TPSA) is 112 Å². The number of aromatic nitrogens is 5. The normalized spacial score (nSPS) is 10.6. The van der Waals surface area contributed by atoms with Crippen molar-refractivity contribution in [3.8, 4) is 11.4 Å². The molecule has 3 rings (SSSR count). The van der Waals surface area contributed by atoms with E-state index in [-0.39, 0.29) is 12.4 Å². The van der Waals surface area contributed by atoms with Gasteiger partial charge >= 0.3 is 5.97 Å². The van der Waals surface area contributed by atoms with E-state index in [4.69, 9.17) is 9.47 Å². The minimum Gasteiger partial charge on any atom is -0.485 e. The maximum atomic E-state index is 12.5. The maximum absolute atomic E-state index is 12.5. The van der Waals surface area contributed by atoms with E-state index in [1.807, 2.05) is 6.07 Å². The van der Waals surface area contributed by atoms with Crippen molar-refractivity contribution in [2.24, 2.45) is 0 Å². The van der Waals surface area contributed by atoms with Crippen LogP contribution >= 0.6 is 0 Å². The SMILES string of the molecule is COC(=O)c1c(C)[nH]c(C(=O)COc2cccc(-n3cnnn3)c2)c1C. The Balaban J connectivity index is 1.74. The van der Waals surface area contributed by atoms with E-state index in [9.17, 15) is 9.59 Å². The first-order valence-electron chi connectivity index (χ1n) is 7.78. The third-order valence-corrected chi connectivity index (χ3v) is 3.91. The van der Waals surface area contributed by atoms with Gasteiger partial charge in [0.25, 0.3) is 0 Å². The van der Waals surface area contributed by atoms with E-state index in [0.717, 1.165) is 0 Å². The van der Waals surface area contributed by atoms with Crippen LogP contribution in [0, 0.1) is 13.8 Å². The number of carbonyl (C=O) groups is 2. The standard InChI is InChI=1S/C17H17N5O4/c1-10-15(17(24)25-3)11(2)19-16(10)14(23)8-26-13-6-4-5-12(7-13)22-9-18-20-21-22/h4-7,9,19H,8H2,1-3H3. The van der Waals surface area contributed by atoms with E-state index in [1.54, 1.807) is 32.0 Å². The van der Waals surface area contributed by atoms with Crippen molar-refractivity contribution in [1.29, 1.82) is 0 Å². The number of nitrogens with zero attached hydrogens (tertiary/aromatic N) is 4. The first-order chi connectivity index (χ1) is 12.5. The van der Waals surface area contributed by atoms with Crippen LogP contribution in [0.3, 0.4) is 0 Å². The Bertz CT molecular complexity index is 946. The number of nitrogens with one attached hydrogen (secondary N) is 1. The van der Waals surface area contributed by atoms with Crippen LogP contribution in [0.15, 0.2) is 30.6 Å². The quantitative estimate of drug-likeness (QED) is 0.528. The maximum Gasteiger partial charge on any atom is 0.339 e. The first-order valence-corrected chi connectivity index (χ1v) is 7.78. The van der Waals surface area contributed by atoms with Gasteiger partial charge in [0.05, 0.1) is 24.1 Å². The highest BCUT2D eigenvalue weighted by molar-refractivity contribution is 6.02. The third kappa shape index (κ3) is 3.32. The minimum atomic E-state index is -0.481. The fraction of sp³-hybridized carbons (Fsp3) is 0.235. The molecule has 134 valence electrons. The molecule has 0 saturated carbocycles. The molecule has 3 aromatic rings. The molecule has 0 atom stereocenters. The van der Waals surface area contributed by atoms with Crippen LogP contribution in [0.2, 0.25) is 0 Å². The van der Waals surface area contributed by atoms with Crippen LogP contribution in [-0.2, 0) is 4.74 Å². The van der Waals surface area contributed by atoms with Crippen molar-refractivity contribution < 1.29 is 19.1 Å². The fourth-order valence-corrected chi connectivity index (χ4v) is 2.65. The van der Waals surface area contributed by atoms with E-state index in [1.165, 1.54) is 18.1 Å². The predicted molar refractivity (Wildman–Crippen MR) is 90.6 cm³/mol. The third-order valence-electron chi connectivity index (χ3n) is 3.91. The average molecular weight is 355 g/mol. The number of hydrogen-bond acceptors (Lipinski definition) is 7. The second-order valence-corrected chi connectivity index (χ2v) is 5.58. The van der Waals surface area contributed by atoms with Gasteiger partial charge in [-0.15, -0.1) is 5.10 Å². The van der Waals surface area contributed by atoms with Gasteiger partial charge in [0.1, 0.15) is 12.1 Å². The molecule has 0 fully saturated rings. The molecule has 9 heteroatoms. The number of hydrogen-bond donors (Lipinski definition) is 1. The highest BCUT2D eigenvalue weighted by atomic mass is 16.5. The number of ketones is 1. The summed E-state index contributed by atoms with van der Waals surface area (Å²) in [4.78, 5) is 27.2. The van der Waals surface area contributed by atoms with Crippen LogP contribution < -0.4 is 4.74 Å². The number of esters is 1. The summed E-state index contributed by atoms with van der Waals surface area (Å²) >= 11 is 0. The number of rotatable bonds is 6. The second-order valence-electron chi connectivity index (χ2n) is 5.58. The molecule has 2 aromatic heterocycles. The molecule has 0 amide bonds. The van der Waals surface area contributed by atoms with Gasteiger partial charge in [0.2, 0.25) is 5.78 Å². The highest BCUT2D eigenvalue weighted by Gasteiger charge is 2.22. The van der Waals surface area contributed by atoms with Gasteiger partial charge < -0.3 is 14.5 Å². The van der Waals surface area contributed by atoms with Gasteiger partial charge in [-0.3, -0.25) is 4.79 Å². The Morgan fingerprint density at radius 3 is 2.77 bits per heavy atom. The largest absolute Gasteiger partial charge is 0.485 e. The van der Waals surface area contributed by atoms with E-state index in [0.29, 0.717) is 34.0 Å². The second kappa shape index (κ2) is 7.18. The molecule has 0 bridgehead atoms. The Labute approximate surface area is 148 Å². The summed E-state index contributed by atoms with van der Waals surface area (Å²) in [6.07, 6.45) is 1.46. The number of methoxy groups -OCH3 is 1. The van der Waals surface area contributed by atoms with Crippen LogP contribution in [0.4, 0.5) is 0 Å². The Hall–Kier alpha value is -3.49. The first kappa shape index (κ1) is 17.3. The molecule has 0 aliphatic rings. The number of aryl methyl sites for hydroxylation is 1. The molecule has 1 aromatic carbocycles. The van der Waals surface area contributed by atoms with Gasteiger partial charge in [0, 0.05) is 11.8 Å². The van der Waals surface area contributed by atoms with Crippen molar-refractivity contribution in [2.75, 3.05) is 13.7 Å². The minimum absolute atomic E-state index is 0.180. The predicted octanol–water partition coefficient (Wildman–Crippen LogP) is 1.66. The van der Waals surface area contributed by atoms with E-state index < -0.39 is 5.97 Å². The molecule has 1 N–H and O–H groups in total. The zero-order chi connectivity index (χ0) is 18.7. The van der Waals surface area contributed by atoms with Crippen molar-refractivity contribution in [3.63, 3.8) is 0 Å². The van der Waals surface area contributed by atoms with Crippen molar-refractivity contribution >= 4 is 11.8 Å². The molecular weight excluding hydrogens is 338 g/mol. The van der Waals surface area contributed by atoms with Crippen molar-refractivity contribution in [1.82, 2.24) is 25.2 Å². The molecule has 0 unspecified atom stereocenters. The lowest BCUT2D eigenvalue weighted by atomic mass is 10.1. The summed E-state index contributed by atoms with van der Waals surface area (Å²) in [7, 11) is 1.30. The Morgan fingerprint density at radius 1 is 1.27 bits per heavy atom. The molecule has 0 saturated heterocycles. The van der Waals surface area contributed by atoms with Crippen molar-refractivity contribution in [2.45, 2.75) is 13.8 Å². The summed E-state index contributed by atoms with van der Waals surface area (Å²) in [5.74, 6) is -0.251. The van der Waals surface area contributed by atoms with Gasteiger partial charge in [-0.05, 0) is 42.0 Å². The lowest BCUT2D eigenvalue weighted by molar-refractivity contribution is 0.0599. The van der Waals surface area contributed by atoms with Crippen LogP contribution in [0.25, 0.3) is 5.69 Å². The lowest BCUT2D eigenvalue weighted by Crippen LogP contribution is -2.13. The number of tetrazole rings is 1. The number of ether oxygens (including phenoxy) is 2. The van der Waals surface area contributed by atoms with Gasteiger partial charge in [-0.25, -0.2) is 9.48 Å². The van der Waals surface area contributed by atoms with Crippen LogP contribution in [0.1, 0.15) is 32.1 Å². The lowest BCUT2D eigenvalue weighted by Gasteiger charge is -2.07. The van der Waals surface area contributed by atoms with E-state index >= 15 is 0 Å². The van der Waals surface area contributed by atoms with Gasteiger partial charge in [-0.2, -0.15) is 0 Å². The Kier molecular flexibility index (Phi) is 4.78. The summed E-state index contributed by atoms with van der Waals surface area (Å²) < 4.78 is 11.8. The summed E-state index contributed by atoms with van der Waals surface area (Å²) in [6.45, 7) is 3.23. The Morgan fingerprint density at radius 2 is 2.08 bits per heavy atom. The smallest absolute Gasteiger partial charge is 0.339 e. The van der Waals surface area contributed by atoms with Gasteiger partial charge in [0.15, 0.2) is 6.61 Å². The van der Waals surface area contributed by atoms with Crippen LogP contribution in [0.5, 0.6) is 5.75 Å². The van der Waals surface area contributed by atoms with Gasteiger partial charge in [-0.1, -0.05) is 6.07 Å². The molecule has 0 radical (unpaired) electrons. The number of benzene rings is 1. The van der Waals surface area contributed by atoms with E-state index in [2.05, 4.69) is 20.5 Å². The summed E-state index contributed by atoms with van der Waals surface area (Å²) in [5.41, 5.74) is 2.54. The number of H-pyrrole nitrogens is 1. The monoisotopic (exact) mass is 355 g/mol. The molecule has 9 nitrogen and oxygen atoms in total. The molecule has 2 heterocycles. The highest BCUT2D eigenvalue weighted by Crippen LogP contribution is 2.20. The van der Waals surface area contributed by atoms with Crippen molar-refractivity contribution in [3.05, 3.63) is 53.1 Å². The zero-order valence-electron chi connectivity index (χ0n) is 14.5. The van der Waals surface area contributed by atoms with Crippen LogP contribution in [-0.4, -0.2) is 50.7 Å².